The number of hydrogen-bond acceptors (Lipinski definition) is 6. The van der Waals surface area contributed by atoms with Crippen LogP contribution in [0.15, 0.2) is 70.4 Å². The second-order valence-corrected chi connectivity index (χ2v) is 6.41. The molecular weight excluding hydrogens is 410 g/mol. The van der Waals surface area contributed by atoms with Crippen LogP contribution in [0, 0.1) is 6.92 Å². The molecule has 0 saturated heterocycles. The summed E-state index contributed by atoms with van der Waals surface area (Å²) in [5, 5.41) is 6.69. The molecule has 0 radical (unpaired) electrons. The summed E-state index contributed by atoms with van der Waals surface area (Å²) in [4.78, 5) is 35.7. The van der Waals surface area contributed by atoms with Crippen molar-refractivity contribution < 1.29 is 23.5 Å². The number of nitrogens with zero attached hydrogens (tertiary/aromatic N) is 1. The Morgan fingerprint density at radius 1 is 1.03 bits per heavy atom. The van der Waals surface area contributed by atoms with E-state index in [4.69, 9.17) is 20.8 Å². The third-order valence-electron chi connectivity index (χ3n) is 3.91. The number of carbonyl (C=O) groups excluding carboxylic acids is 3. The highest BCUT2D eigenvalue weighted by atomic mass is 35.5. The molecule has 152 valence electrons. The van der Waals surface area contributed by atoms with Crippen molar-refractivity contribution >= 4 is 41.3 Å². The molecule has 2 amide bonds. The van der Waals surface area contributed by atoms with Gasteiger partial charge in [0.05, 0.1) is 12.5 Å². The maximum Gasteiger partial charge on any atom is 0.379 e. The molecule has 0 unspecified atom stereocenters. The van der Waals surface area contributed by atoms with Gasteiger partial charge in [-0.15, -0.1) is 0 Å². The standard InChI is InChI=1S/C21H16ClN3O5/c1-13-16(22)4-2-5-17(13)24-19(26)20(27)25-23-12-14-7-9-15(10-8-14)30-21(28)18-6-3-11-29-18/h2-12H,1H3,(H,24,26)(H,25,27). The molecule has 0 bridgehead atoms. The molecule has 1 heterocycles. The molecule has 3 rings (SSSR count). The Hall–Kier alpha value is -3.91. The van der Waals surface area contributed by atoms with Crippen molar-refractivity contribution in [1.82, 2.24) is 5.43 Å². The van der Waals surface area contributed by atoms with Crippen molar-refractivity contribution in [1.29, 1.82) is 0 Å². The van der Waals surface area contributed by atoms with Crippen molar-refractivity contribution in [3.05, 3.63) is 82.8 Å². The molecule has 0 fully saturated rings. The van der Waals surface area contributed by atoms with Crippen LogP contribution in [0.4, 0.5) is 5.69 Å². The van der Waals surface area contributed by atoms with Crippen molar-refractivity contribution in [2.24, 2.45) is 5.10 Å². The number of rotatable bonds is 5. The Morgan fingerprint density at radius 2 is 1.80 bits per heavy atom. The van der Waals surface area contributed by atoms with E-state index >= 15 is 0 Å². The van der Waals surface area contributed by atoms with Crippen molar-refractivity contribution in [2.75, 3.05) is 5.32 Å². The molecule has 8 nitrogen and oxygen atoms in total. The van der Waals surface area contributed by atoms with Gasteiger partial charge in [-0.1, -0.05) is 17.7 Å². The van der Waals surface area contributed by atoms with Gasteiger partial charge < -0.3 is 14.5 Å². The summed E-state index contributed by atoms with van der Waals surface area (Å²) < 4.78 is 10.1. The van der Waals surface area contributed by atoms with Crippen LogP contribution in [0.2, 0.25) is 5.02 Å². The van der Waals surface area contributed by atoms with Gasteiger partial charge in [-0.05, 0) is 66.6 Å². The average molecular weight is 426 g/mol. The third kappa shape index (κ3) is 5.33. The first-order valence-corrected chi connectivity index (χ1v) is 9.07. The number of amides is 2. The van der Waals surface area contributed by atoms with E-state index in [-0.39, 0.29) is 5.76 Å². The largest absolute Gasteiger partial charge is 0.457 e. The zero-order valence-corrected chi connectivity index (χ0v) is 16.5. The van der Waals surface area contributed by atoms with Gasteiger partial charge in [0, 0.05) is 10.7 Å². The number of hydrazone groups is 1. The van der Waals surface area contributed by atoms with Gasteiger partial charge >= 0.3 is 17.8 Å². The van der Waals surface area contributed by atoms with E-state index < -0.39 is 17.8 Å². The lowest BCUT2D eigenvalue weighted by Crippen LogP contribution is -2.32. The third-order valence-corrected chi connectivity index (χ3v) is 4.32. The predicted molar refractivity (Wildman–Crippen MR) is 111 cm³/mol. The summed E-state index contributed by atoms with van der Waals surface area (Å²) >= 11 is 5.99. The zero-order chi connectivity index (χ0) is 21.5. The molecule has 0 saturated carbocycles. The number of carbonyl (C=O) groups is 3. The molecule has 3 aromatic rings. The number of hydrogen-bond donors (Lipinski definition) is 2. The van der Waals surface area contributed by atoms with Crippen molar-refractivity contribution in [3.63, 3.8) is 0 Å². The van der Waals surface area contributed by atoms with E-state index in [0.29, 0.717) is 27.6 Å². The fourth-order valence-corrected chi connectivity index (χ4v) is 2.49. The molecule has 2 aromatic carbocycles. The smallest absolute Gasteiger partial charge is 0.379 e. The summed E-state index contributed by atoms with van der Waals surface area (Å²) in [5.41, 5.74) is 3.83. The Labute approximate surface area is 176 Å². The minimum Gasteiger partial charge on any atom is -0.457 e. The highest BCUT2D eigenvalue weighted by Gasteiger charge is 2.14. The van der Waals surface area contributed by atoms with Crippen LogP contribution in [0.1, 0.15) is 21.7 Å². The van der Waals surface area contributed by atoms with E-state index in [0.717, 1.165) is 0 Å². The lowest BCUT2D eigenvalue weighted by atomic mass is 10.2. The van der Waals surface area contributed by atoms with Crippen LogP contribution in [0.5, 0.6) is 5.75 Å². The molecule has 0 spiro atoms. The number of halogens is 1. The van der Waals surface area contributed by atoms with Gasteiger partial charge in [-0.2, -0.15) is 5.10 Å². The summed E-state index contributed by atoms with van der Waals surface area (Å²) in [5.74, 6) is -2.02. The second-order valence-electron chi connectivity index (χ2n) is 6.00. The van der Waals surface area contributed by atoms with Gasteiger partial charge in [-0.3, -0.25) is 9.59 Å². The summed E-state index contributed by atoms with van der Waals surface area (Å²) in [6.45, 7) is 1.73. The summed E-state index contributed by atoms with van der Waals surface area (Å²) in [6.07, 6.45) is 2.72. The maximum absolute atomic E-state index is 12.0. The number of nitrogens with one attached hydrogen (secondary N) is 2. The van der Waals surface area contributed by atoms with E-state index in [2.05, 4.69) is 15.8 Å². The highest BCUT2D eigenvalue weighted by Crippen LogP contribution is 2.22. The van der Waals surface area contributed by atoms with Crippen molar-refractivity contribution in [3.8, 4) is 5.75 Å². The van der Waals surface area contributed by atoms with Gasteiger partial charge in [0.15, 0.2) is 0 Å². The molecular formula is C21H16ClN3O5. The topological polar surface area (TPSA) is 110 Å². The molecule has 30 heavy (non-hydrogen) atoms. The highest BCUT2D eigenvalue weighted by molar-refractivity contribution is 6.40. The fraction of sp³-hybridized carbons (Fsp3) is 0.0476. The minimum atomic E-state index is -0.936. The molecule has 2 N–H and O–H groups in total. The minimum absolute atomic E-state index is 0.0922. The van der Waals surface area contributed by atoms with Crippen LogP contribution in [-0.2, 0) is 9.59 Å². The Morgan fingerprint density at radius 3 is 2.50 bits per heavy atom. The van der Waals surface area contributed by atoms with E-state index in [1.165, 1.54) is 18.5 Å². The first kappa shape index (κ1) is 20.8. The van der Waals surface area contributed by atoms with Gasteiger partial charge in [0.2, 0.25) is 5.76 Å². The molecule has 1 aromatic heterocycles. The van der Waals surface area contributed by atoms with Crippen LogP contribution >= 0.6 is 11.6 Å². The number of ether oxygens (including phenoxy) is 1. The summed E-state index contributed by atoms with van der Waals surface area (Å²) in [7, 11) is 0. The molecule has 0 aliphatic rings. The van der Waals surface area contributed by atoms with Gasteiger partial charge in [-0.25, -0.2) is 10.2 Å². The average Bonchev–Trinajstić information content (AvgIpc) is 3.27. The van der Waals surface area contributed by atoms with E-state index in [1.807, 2.05) is 0 Å². The number of esters is 1. The first-order valence-electron chi connectivity index (χ1n) is 8.69. The molecule has 9 heteroatoms. The van der Waals surface area contributed by atoms with Crippen molar-refractivity contribution in [2.45, 2.75) is 6.92 Å². The second kappa shape index (κ2) is 9.53. The van der Waals surface area contributed by atoms with Crippen LogP contribution in [0.3, 0.4) is 0 Å². The first-order chi connectivity index (χ1) is 14.4. The molecule has 0 aliphatic heterocycles. The Balaban J connectivity index is 1.52. The summed E-state index contributed by atoms with van der Waals surface area (Å²) in [6, 6.07) is 14.4. The molecule has 0 atom stereocenters. The number of benzene rings is 2. The quantitative estimate of drug-likeness (QED) is 0.213. The van der Waals surface area contributed by atoms with Crippen LogP contribution in [0.25, 0.3) is 0 Å². The Bertz CT molecular complexity index is 1090. The number of furan rings is 1. The van der Waals surface area contributed by atoms with E-state index in [1.54, 1.807) is 55.5 Å². The maximum atomic E-state index is 12.0. The molecule has 0 aliphatic carbocycles. The normalized spacial score (nSPS) is 10.6. The van der Waals surface area contributed by atoms with Crippen LogP contribution in [-0.4, -0.2) is 24.0 Å². The lowest BCUT2D eigenvalue weighted by molar-refractivity contribution is -0.136. The van der Waals surface area contributed by atoms with E-state index in [9.17, 15) is 14.4 Å². The van der Waals surface area contributed by atoms with Gasteiger partial charge in [0.25, 0.3) is 0 Å². The zero-order valence-electron chi connectivity index (χ0n) is 15.7. The monoisotopic (exact) mass is 425 g/mol. The fourth-order valence-electron chi connectivity index (χ4n) is 2.31. The van der Waals surface area contributed by atoms with Crippen LogP contribution < -0.4 is 15.5 Å². The predicted octanol–water partition coefficient (Wildman–Crippen LogP) is 3.55. The lowest BCUT2D eigenvalue weighted by Gasteiger charge is -2.08. The SMILES string of the molecule is Cc1c(Cl)cccc1NC(=O)C(=O)NN=Cc1ccc(OC(=O)c2ccco2)cc1. The van der Waals surface area contributed by atoms with Gasteiger partial charge in [0.1, 0.15) is 5.75 Å². The number of anilines is 1. The Kier molecular flexibility index (Phi) is 6.61.